The quantitative estimate of drug-likeness (QED) is 0.784. The van der Waals surface area contributed by atoms with E-state index in [1.165, 1.54) is 0 Å². The van der Waals surface area contributed by atoms with E-state index in [0.717, 1.165) is 10.0 Å². The summed E-state index contributed by atoms with van der Waals surface area (Å²) < 4.78 is 11.9. The monoisotopic (exact) mass is 276 g/mol. The zero-order chi connectivity index (χ0) is 10.2. The second-order valence-corrected chi connectivity index (χ2v) is 4.53. The number of hydrogen-bond acceptors (Lipinski definition) is 2. The molecule has 1 aliphatic rings. The summed E-state index contributed by atoms with van der Waals surface area (Å²) in [6.07, 6.45) is 0. The van der Waals surface area contributed by atoms with Crippen molar-refractivity contribution in [3.05, 3.63) is 33.3 Å². The highest BCUT2D eigenvalue weighted by Gasteiger charge is 2.33. The standard InChI is InChI=1S/C10H10BrClO2/c1-10(13-4-5-14-10)7-2-3-9(12)8(11)6-7/h2-3,6H,4-5H2,1H3. The van der Waals surface area contributed by atoms with Gasteiger partial charge < -0.3 is 9.47 Å². The summed E-state index contributed by atoms with van der Waals surface area (Å²) in [5.41, 5.74) is 0.978. The van der Waals surface area contributed by atoms with Gasteiger partial charge in [0, 0.05) is 10.0 Å². The lowest BCUT2D eigenvalue weighted by Gasteiger charge is -2.22. The third-order valence-corrected chi connectivity index (χ3v) is 3.50. The fraction of sp³-hybridized carbons (Fsp3) is 0.400. The molecular formula is C10H10BrClO2. The van der Waals surface area contributed by atoms with Crippen LogP contribution in [-0.4, -0.2) is 13.2 Å². The van der Waals surface area contributed by atoms with Gasteiger partial charge in [-0.3, -0.25) is 0 Å². The fourth-order valence-corrected chi connectivity index (χ4v) is 1.96. The van der Waals surface area contributed by atoms with Gasteiger partial charge in [0.25, 0.3) is 0 Å². The van der Waals surface area contributed by atoms with Gasteiger partial charge in [0.2, 0.25) is 0 Å². The molecule has 1 aromatic carbocycles. The average Bonchev–Trinajstić information content (AvgIpc) is 2.58. The van der Waals surface area contributed by atoms with Gasteiger partial charge in [-0.15, -0.1) is 0 Å². The third-order valence-electron chi connectivity index (χ3n) is 2.28. The molecule has 1 aromatic rings. The van der Waals surface area contributed by atoms with Crippen molar-refractivity contribution >= 4 is 27.5 Å². The third kappa shape index (κ3) is 1.82. The molecule has 0 aliphatic carbocycles. The van der Waals surface area contributed by atoms with Crippen molar-refractivity contribution in [1.82, 2.24) is 0 Å². The first-order valence-electron chi connectivity index (χ1n) is 4.35. The van der Waals surface area contributed by atoms with Gasteiger partial charge in [-0.1, -0.05) is 17.7 Å². The topological polar surface area (TPSA) is 18.5 Å². The second kappa shape index (κ2) is 3.81. The van der Waals surface area contributed by atoms with Crippen LogP contribution in [0.4, 0.5) is 0 Å². The molecule has 0 atom stereocenters. The van der Waals surface area contributed by atoms with Crippen LogP contribution in [0.3, 0.4) is 0 Å². The summed E-state index contributed by atoms with van der Waals surface area (Å²) >= 11 is 9.28. The van der Waals surface area contributed by atoms with Gasteiger partial charge in [-0.05, 0) is 35.0 Å². The van der Waals surface area contributed by atoms with Gasteiger partial charge in [0.15, 0.2) is 5.79 Å². The van der Waals surface area contributed by atoms with Crippen LogP contribution in [0, 0.1) is 0 Å². The zero-order valence-corrected chi connectivity index (χ0v) is 10.1. The Morgan fingerprint density at radius 2 is 2.00 bits per heavy atom. The highest BCUT2D eigenvalue weighted by molar-refractivity contribution is 9.10. The predicted octanol–water partition coefficient (Wildman–Crippen LogP) is 3.32. The average molecular weight is 278 g/mol. The normalized spacial score (nSPS) is 19.9. The van der Waals surface area contributed by atoms with E-state index in [-0.39, 0.29) is 0 Å². The maximum Gasteiger partial charge on any atom is 0.192 e. The number of ether oxygens (including phenoxy) is 2. The largest absolute Gasteiger partial charge is 0.344 e. The van der Waals surface area contributed by atoms with Crippen LogP contribution < -0.4 is 0 Å². The molecule has 1 aliphatic heterocycles. The van der Waals surface area contributed by atoms with Crippen molar-refractivity contribution in [2.24, 2.45) is 0 Å². The lowest BCUT2D eigenvalue weighted by Crippen LogP contribution is -2.22. The van der Waals surface area contributed by atoms with Crippen molar-refractivity contribution in [3.8, 4) is 0 Å². The van der Waals surface area contributed by atoms with Gasteiger partial charge in [0.05, 0.1) is 18.2 Å². The molecule has 76 valence electrons. The first-order valence-corrected chi connectivity index (χ1v) is 5.52. The lowest BCUT2D eigenvalue weighted by molar-refractivity contribution is -0.149. The summed E-state index contributed by atoms with van der Waals surface area (Å²) in [7, 11) is 0. The molecule has 0 N–H and O–H groups in total. The summed E-state index contributed by atoms with van der Waals surface area (Å²) in [6, 6.07) is 5.67. The Bertz CT molecular complexity index is 348. The number of halogens is 2. The van der Waals surface area contributed by atoms with E-state index in [2.05, 4.69) is 15.9 Å². The van der Waals surface area contributed by atoms with Crippen LogP contribution in [0.25, 0.3) is 0 Å². The lowest BCUT2D eigenvalue weighted by atomic mass is 10.1. The molecule has 4 heteroatoms. The zero-order valence-electron chi connectivity index (χ0n) is 7.72. The van der Waals surface area contributed by atoms with E-state index >= 15 is 0 Å². The van der Waals surface area contributed by atoms with Gasteiger partial charge >= 0.3 is 0 Å². The Kier molecular flexibility index (Phi) is 2.84. The molecule has 14 heavy (non-hydrogen) atoms. The molecule has 0 saturated carbocycles. The van der Waals surface area contributed by atoms with Crippen molar-refractivity contribution in [2.75, 3.05) is 13.2 Å². The molecule has 0 radical (unpaired) electrons. The Morgan fingerprint density at radius 1 is 1.36 bits per heavy atom. The molecule has 1 saturated heterocycles. The molecule has 2 rings (SSSR count). The van der Waals surface area contributed by atoms with Crippen molar-refractivity contribution in [1.29, 1.82) is 0 Å². The van der Waals surface area contributed by atoms with E-state index in [1.54, 1.807) is 0 Å². The van der Waals surface area contributed by atoms with E-state index in [4.69, 9.17) is 21.1 Å². The van der Waals surface area contributed by atoms with Gasteiger partial charge in [0.1, 0.15) is 0 Å². The smallest absolute Gasteiger partial charge is 0.192 e. The van der Waals surface area contributed by atoms with Crippen LogP contribution >= 0.6 is 27.5 Å². The molecule has 0 amide bonds. The predicted molar refractivity (Wildman–Crippen MR) is 58.4 cm³/mol. The van der Waals surface area contributed by atoms with Crippen LogP contribution in [0.5, 0.6) is 0 Å². The van der Waals surface area contributed by atoms with Crippen LogP contribution in [0.15, 0.2) is 22.7 Å². The Balaban J connectivity index is 2.36. The SMILES string of the molecule is CC1(c2ccc(Cl)c(Br)c2)OCCO1. The first-order chi connectivity index (χ1) is 6.62. The van der Waals surface area contributed by atoms with Gasteiger partial charge in [-0.2, -0.15) is 0 Å². The highest BCUT2D eigenvalue weighted by atomic mass is 79.9. The minimum Gasteiger partial charge on any atom is -0.344 e. The van der Waals surface area contributed by atoms with E-state index in [1.807, 2.05) is 25.1 Å². The van der Waals surface area contributed by atoms with E-state index in [0.29, 0.717) is 18.2 Å². The van der Waals surface area contributed by atoms with Gasteiger partial charge in [-0.25, -0.2) is 0 Å². The summed E-state index contributed by atoms with van der Waals surface area (Å²) in [5, 5.41) is 0.690. The van der Waals surface area contributed by atoms with Crippen LogP contribution in [0.1, 0.15) is 12.5 Å². The second-order valence-electron chi connectivity index (χ2n) is 3.27. The maximum atomic E-state index is 5.90. The minimum atomic E-state index is -0.618. The van der Waals surface area contributed by atoms with Crippen molar-refractivity contribution in [2.45, 2.75) is 12.7 Å². The van der Waals surface area contributed by atoms with Crippen LogP contribution in [-0.2, 0) is 15.3 Å². The van der Waals surface area contributed by atoms with Crippen LogP contribution in [0.2, 0.25) is 5.02 Å². The maximum absolute atomic E-state index is 5.90. The van der Waals surface area contributed by atoms with E-state index < -0.39 is 5.79 Å². The molecule has 0 aromatic heterocycles. The van der Waals surface area contributed by atoms with Crippen molar-refractivity contribution in [3.63, 3.8) is 0 Å². The molecule has 2 nitrogen and oxygen atoms in total. The van der Waals surface area contributed by atoms with Crippen molar-refractivity contribution < 1.29 is 9.47 Å². The number of benzene rings is 1. The summed E-state index contributed by atoms with van der Waals surface area (Å²) in [4.78, 5) is 0. The Morgan fingerprint density at radius 3 is 2.57 bits per heavy atom. The molecular weight excluding hydrogens is 267 g/mol. The number of rotatable bonds is 1. The molecule has 0 unspecified atom stereocenters. The molecule has 0 spiro atoms. The molecule has 1 fully saturated rings. The Hall–Kier alpha value is -0.0900. The minimum absolute atomic E-state index is 0.618. The molecule has 0 bridgehead atoms. The molecule has 1 heterocycles. The van der Waals surface area contributed by atoms with E-state index in [9.17, 15) is 0 Å². The highest BCUT2D eigenvalue weighted by Crippen LogP contribution is 2.34. The fourth-order valence-electron chi connectivity index (χ4n) is 1.46. The Labute approximate surface area is 96.3 Å². The summed E-state index contributed by atoms with van der Waals surface area (Å²) in [5.74, 6) is -0.618. The number of hydrogen-bond donors (Lipinski definition) is 0. The summed E-state index contributed by atoms with van der Waals surface area (Å²) in [6.45, 7) is 3.18. The first kappa shape index (κ1) is 10.4.